The molecular weight excluding hydrogens is 463 g/mol. The Balaban J connectivity index is 3.32. The molecule has 0 saturated heterocycles. The third-order valence-corrected chi connectivity index (χ3v) is 5.45. The Bertz CT molecular complexity index is 747. The fraction of sp³-hybridized carbons (Fsp3) is 0.611. The van der Waals surface area contributed by atoms with Crippen LogP contribution in [0.2, 0.25) is 0 Å². The van der Waals surface area contributed by atoms with Crippen LogP contribution in [0.25, 0.3) is 0 Å². The maximum Gasteiger partial charge on any atom is 0.348 e. The van der Waals surface area contributed by atoms with Gasteiger partial charge in [0, 0.05) is 6.42 Å². The number of hydrogen-bond donors (Lipinski definition) is 2. The van der Waals surface area contributed by atoms with Crippen LogP contribution in [-0.2, 0) is 14.3 Å². The van der Waals surface area contributed by atoms with Crippen LogP contribution in [0.3, 0.4) is 0 Å². The molecule has 0 aliphatic rings. The first-order valence-electron chi connectivity index (χ1n) is 9.02. The Labute approximate surface area is 189 Å². The van der Waals surface area contributed by atoms with E-state index in [2.05, 4.69) is 10.6 Å². The summed E-state index contributed by atoms with van der Waals surface area (Å²) in [5.41, 5.74) is 0.503. The van der Waals surface area contributed by atoms with E-state index in [1.807, 2.05) is 13.8 Å². The summed E-state index contributed by atoms with van der Waals surface area (Å²) >= 11 is 19.1. The fourth-order valence-corrected chi connectivity index (χ4v) is 3.82. The molecule has 29 heavy (non-hydrogen) atoms. The topological polar surface area (TPSA) is 93.7 Å². The van der Waals surface area contributed by atoms with E-state index in [0.717, 1.165) is 11.3 Å². The zero-order valence-electron chi connectivity index (χ0n) is 16.9. The largest absolute Gasteiger partial charge is 0.462 e. The van der Waals surface area contributed by atoms with Gasteiger partial charge in [0.15, 0.2) is 0 Å². The molecule has 2 N–H and O–H groups in total. The third kappa shape index (κ3) is 7.51. The minimum Gasteiger partial charge on any atom is -0.462 e. The van der Waals surface area contributed by atoms with Crippen LogP contribution < -0.4 is 10.6 Å². The maximum atomic E-state index is 12.5. The Morgan fingerprint density at radius 3 is 2.10 bits per heavy atom. The number of anilines is 1. The van der Waals surface area contributed by atoms with Crippen LogP contribution in [0.1, 0.15) is 59.7 Å². The van der Waals surface area contributed by atoms with Crippen molar-refractivity contribution in [3.8, 4) is 0 Å². The normalized spacial score (nSPS) is 12.4. The third-order valence-electron chi connectivity index (χ3n) is 3.59. The predicted molar refractivity (Wildman–Crippen MR) is 116 cm³/mol. The van der Waals surface area contributed by atoms with Crippen molar-refractivity contribution in [3.05, 3.63) is 16.0 Å². The highest BCUT2D eigenvalue weighted by atomic mass is 35.6. The van der Waals surface area contributed by atoms with Gasteiger partial charge in [-0.05, 0) is 32.3 Å². The molecule has 0 aliphatic carbocycles. The standard InChI is InChI=1S/C18H25Cl3N2O5S/c1-6-27-15(25)12-10(5)13(16(26)28-7-2)29-14(12)23-17(18(19,20)21)22-11(24)8-9(3)4/h9,17,23H,6-8H2,1-5H3,(H,22,24). The molecule has 7 nitrogen and oxygen atoms in total. The molecule has 0 spiro atoms. The number of ether oxygens (including phenoxy) is 2. The van der Waals surface area contributed by atoms with Crippen molar-refractivity contribution in [2.75, 3.05) is 18.5 Å². The molecule has 1 aromatic heterocycles. The van der Waals surface area contributed by atoms with Crippen molar-refractivity contribution in [1.82, 2.24) is 5.32 Å². The first-order valence-corrected chi connectivity index (χ1v) is 11.0. The summed E-state index contributed by atoms with van der Waals surface area (Å²) in [5.74, 6) is -1.46. The first kappa shape index (κ1) is 25.8. The number of nitrogens with one attached hydrogen (secondary N) is 2. The van der Waals surface area contributed by atoms with Gasteiger partial charge in [-0.3, -0.25) is 4.79 Å². The molecule has 0 aromatic carbocycles. The van der Waals surface area contributed by atoms with Crippen molar-refractivity contribution < 1.29 is 23.9 Å². The van der Waals surface area contributed by atoms with Crippen LogP contribution in [0, 0.1) is 12.8 Å². The minimum atomic E-state index is -1.93. The monoisotopic (exact) mass is 486 g/mol. The van der Waals surface area contributed by atoms with Gasteiger partial charge in [0.1, 0.15) is 16.0 Å². The van der Waals surface area contributed by atoms with Gasteiger partial charge in [0.05, 0.1) is 18.8 Å². The van der Waals surface area contributed by atoms with Gasteiger partial charge in [-0.15, -0.1) is 11.3 Å². The van der Waals surface area contributed by atoms with Gasteiger partial charge in [0.2, 0.25) is 9.70 Å². The maximum absolute atomic E-state index is 12.5. The van der Waals surface area contributed by atoms with E-state index < -0.39 is 21.9 Å². The molecule has 164 valence electrons. The summed E-state index contributed by atoms with van der Waals surface area (Å²) in [6.07, 6.45) is -0.929. The van der Waals surface area contributed by atoms with Gasteiger partial charge in [-0.25, -0.2) is 9.59 Å². The zero-order valence-corrected chi connectivity index (χ0v) is 19.9. The molecule has 11 heteroatoms. The van der Waals surface area contributed by atoms with Crippen molar-refractivity contribution >= 4 is 69.0 Å². The summed E-state index contributed by atoms with van der Waals surface area (Å²) < 4.78 is 8.20. The molecule has 1 unspecified atom stereocenters. The van der Waals surface area contributed by atoms with Crippen LogP contribution in [0.4, 0.5) is 5.00 Å². The number of hydrogen-bond acceptors (Lipinski definition) is 7. The Kier molecular flexibility index (Phi) is 10.0. The van der Waals surface area contributed by atoms with E-state index in [9.17, 15) is 14.4 Å². The van der Waals surface area contributed by atoms with Crippen LogP contribution >= 0.6 is 46.1 Å². The van der Waals surface area contributed by atoms with E-state index in [-0.39, 0.29) is 46.9 Å². The highest BCUT2D eigenvalue weighted by molar-refractivity contribution is 7.18. The SMILES string of the molecule is CCOC(=O)c1sc(NC(NC(=O)CC(C)C)C(Cl)(Cl)Cl)c(C(=O)OCC)c1C. The van der Waals surface area contributed by atoms with Crippen LogP contribution in [-0.4, -0.2) is 41.0 Å². The average Bonchev–Trinajstić information content (AvgIpc) is 2.89. The quantitative estimate of drug-likeness (QED) is 0.298. The summed E-state index contributed by atoms with van der Waals surface area (Å²) in [7, 11) is 0. The first-order chi connectivity index (χ1) is 13.4. The second-order valence-electron chi connectivity index (χ2n) is 6.49. The van der Waals surface area contributed by atoms with Crippen molar-refractivity contribution in [3.63, 3.8) is 0 Å². The number of alkyl halides is 3. The Hall–Kier alpha value is -1.22. The van der Waals surface area contributed by atoms with Gasteiger partial charge in [0.25, 0.3) is 0 Å². The molecule has 1 rings (SSSR count). The Morgan fingerprint density at radius 2 is 1.62 bits per heavy atom. The number of esters is 2. The molecule has 0 fully saturated rings. The number of rotatable bonds is 9. The van der Waals surface area contributed by atoms with Gasteiger partial charge in [-0.2, -0.15) is 0 Å². The molecule has 0 radical (unpaired) electrons. The van der Waals surface area contributed by atoms with Gasteiger partial charge < -0.3 is 20.1 Å². The molecule has 1 aromatic rings. The number of halogens is 3. The van der Waals surface area contributed by atoms with Gasteiger partial charge >= 0.3 is 11.9 Å². The molecule has 1 amide bonds. The van der Waals surface area contributed by atoms with E-state index in [4.69, 9.17) is 44.3 Å². The molecule has 0 aliphatic heterocycles. The number of carbonyl (C=O) groups excluding carboxylic acids is 3. The zero-order chi connectivity index (χ0) is 22.4. The molecule has 1 heterocycles. The number of carbonyl (C=O) groups is 3. The molecular formula is C18H25Cl3N2O5S. The lowest BCUT2D eigenvalue weighted by atomic mass is 10.1. The molecule has 1 atom stereocenters. The summed E-state index contributed by atoms with van der Waals surface area (Å²) in [6.45, 7) is 9.01. The molecule has 0 bridgehead atoms. The average molecular weight is 488 g/mol. The van der Waals surface area contributed by atoms with E-state index in [1.165, 1.54) is 0 Å². The highest BCUT2D eigenvalue weighted by Gasteiger charge is 2.36. The summed E-state index contributed by atoms with van der Waals surface area (Å²) in [4.78, 5) is 37.2. The molecule has 0 saturated carbocycles. The lowest BCUT2D eigenvalue weighted by Crippen LogP contribution is -2.49. The second-order valence-corrected chi connectivity index (χ2v) is 9.88. The van der Waals surface area contributed by atoms with E-state index >= 15 is 0 Å². The number of thiophene rings is 1. The lowest BCUT2D eigenvalue weighted by Gasteiger charge is -2.27. The van der Waals surface area contributed by atoms with E-state index in [0.29, 0.717) is 5.56 Å². The highest BCUT2D eigenvalue weighted by Crippen LogP contribution is 2.38. The fourth-order valence-electron chi connectivity index (χ4n) is 2.38. The summed E-state index contributed by atoms with van der Waals surface area (Å²) in [6, 6.07) is 0. The smallest absolute Gasteiger partial charge is 0.348 e. The van der Waals surface area contributed by atoms with E-state index in [1.54, 1.807) is 20.8 Å². The predicted octanol–water partition coefficient (Wildman–Crippen LogP) is 4.68. The van der Waals surface area contributed by atoms with Crippen molar-refractivity contribution in [2.45, 2.75) is 51.0 Å². The second kappa shape index (κ2) is 11.2. The van der Waals surface area contributed by atoms with Gasteiger partial charge in [-0.1, -0.05) is 48.7 Å². The van der Waals surface area contributed by atoms with Crippen LogP contribution in [0.5, 0.6) is 0 Å². The van der Waals surface area contributed by atoms with Crippen LogP contribution in [0.15, 0.2) is 0 Å². The Morgan fingerprint density at radius 1 is 1.07 bits per heavy atom. The number of amides is 1. The van der Waals surface area contributed by atoms with Crippen molar-refractivity contribution in [2.24, 2.45) is 5.92 Å². The summed E-state index contributed by atoms with van der Waals surface area (Å²) in [5, 5.41) is 5.71. The lowest BCUT2D eigenvalue weighted by molar-refractivity contribution is -0.122. The van der Waals surface area contributed by atoms with Crippen molar-refractivity contribution in [1.29, 1.82) is 0 Å². The minimum absolute atomic E-state index is 0.0977.